The zero-order chi connectivity index (χ0) is 9.97. The maximum absolute atomic E-state index is 11.8. The summed E-state index contributed by atoms with van der Waals surface area (Å²) in [5.41, 5.74) is 1.23. The van der Waals surface area contributed by atoms with E-state index in [1.807, 2.05) is 12.1 Å². The van der Waals surface area contributed by atoms with E-state index in [0.29, 0.717) is 11.1 Å². The Morgan fingerprint density at radius 1 is 1.21 bits per heavy atom. The van der Waals surface area contributed by atoms with Crippen molar-refractivity contribution in [3.8, 4) is 0 Å². The number of carbonyl (C=O) groups excluding carboxylic acids is 1. The molecule has 0 bridgehead atoms. The monoisotopic (exact) mass is 250 g/mol. The topological polar surface area (TPSA) is 30.2 Å². The molecule has 3 heteroatoms. The van der Waals surface area contributed by atoms with Gasteiger partial charge in [-0.05, 0) is 18.2 Å². The van der Waals surface area contributed by atoms with Crippen molar-refractivity contribution in [1.82, 2.24) is 0 Å². The lowest BCUT2D eigenvalue weighted by molar-refractivity contribution is 0.103. The second-order valence-electron chi connectivity index (χ2n) is 2.85. The van der Waals surface area contributed by atoms with Crippen molar-refractivity contribution in [1.29, 1.82) is 0 Å². The minimum absolute atomic E-state index is 0.0277. The summed E-state index contributed by atoms with van der Waals surface area (Å²) < 4.78 is 5.75. The van der Waals surface area contributed by atoms with Gasteiger partial charge in [0.1, 0.15) is 6.26 Å². The van der Waals surface area contributed by atoms with Gasteiger partial charge < -0.3 is 4.42 Å². The Hall–Kier alpha value is -1.35. The van der Waals surface area contributed by atoms with Crippen LogP contribution in [0.4, 0.5) is 0 Å². The van der Waals surface area contributed by atoms with Gasteiger partial charge in [0.25, 0.3) is 0 Å². The van der Waals surface area contributed by atoms with Gasteiger partial charge in [0.2, 0.25) is 0 Å². The Balaban J connectivity index is 2.37. The zero-order valence-electron chi connectivity index (χ0n) is 7.24. The van der Waals surface area contributed by atoms with Crippen molar-refractivity contribution >= 4 is 21.7 Å². The van der Waals surface area contributed by atoms with Crippen LogP contribution < -0.4 is 0 Å². The number of halogens is 1. The molecule has 0 saturated heterocycles. The molecule has 2 rings (SSSR count). The van der Waals surface area contributed by atoms with Crippen LogP contribution in [0.25, 0.3) is 0 Å². The van der Waals surface area contributed by atoms with Gasteiger partial charge in [0.15, 0.2) is 5.78 Å². The molecule has 14 heavy (non-hydrogen) atoms. The van der Waals surface area contributed by atoms with E-state index in [1.54, 1.807) is 18.2 Å². The molecule has 1 aromatic carbocycles. The highest BCUT2D eigenvalue weighted by Gasteiger charge is 2.09. The van der Waals surface area contributed by atoms with Crippen molar-refractivity contribution in [2.24, 2.45) is 0 Å². The Kier molecular flexibility index (Phi) is 2.50. The molecule has 70 valence electrons. The molecule has 0 N–H and O–H groups in total. The number of hydrogen-bond donors (Lipinski definition) is 0. The molecular formula is C11H7BrO2. The summed E-state index contributed by atoms with van der Waals surface area (Å²) in [6.45, 7) is 0. The Labute approximate surface area is 89.7 Å². The van der Waals surface area contributed by atoms with Crippen LogP contribution in [0, 0.1) is 0 Å². The molecule has 0 unspecified atom stereocenters. The van der Waals surface area contributed by atoms with Crippen LogP contribution in [0.2, 0.25) is 0 Å². The Morgan fingerprint density at radius 3 is 2.71 bits per heavy atom. The minimum Gasteiger partial charge on any atom is -0.472 e. The van der Waals surface area contributed by atoms with E-state index < -0.39 is 0 Å². The number of benzene rings is 1. The molecular weight excluding hydrogens is 244 g/mol. The Morgan fingerprint density at radius 2 is 2.07 bits per heavy atom. The third-order valence-electron chi connectivity index (χ3n) is 1.87. The molecule has 0 radical (unpaired) electrons. The van der Waals surface area contributed by atoms with E-state index >= 15 is 0 Å². The molecule has 0 amide bonds. The zero-order valence-corrected chi connectivity index (χ0v) is 8.82. The standard InChI is InChI=1S/C11H7BrO2/c12-10-3-1-2-8(6-10)11(13)9-4-5-14-7-9/h1-7H. The lowest BCUT2D eigenvalue weighted by atomic mass is 10.1. The van der Waals surface area contributed by atoms with E-state index in [4.69, 9.17) is 4.42 Å². The predicted molar refractivity (Wildman–Crippen MR) is 56.3 cm³/mol. The van der Waals surface area contributed by atoms with E-state index in [1.165, 1.54) is 12.5 Å². The second kappa shape index (κ2) is 3.80. The fraction of sp³-hybridized carbons (Fsp3) is 0. The van der Waals surface area contributed by atoms with E-state index in [-0.39, 0.29) is 5.78 Å². The van der Waals surface area contributed by atoms with Gasteiger partial charge in [-0.25, -0.2) is 0 Å². The summed E-state index contributed by atoms with van der Waals surface area (Å²) in [7, 11) is 0. The number of hydrogen-bond acceptors (Lipinski definition) is 2. The van der Waals surface area contributed by atoms with Gasteiger partial charge in [-0.3, -0.25) is 4.79 Å². The first-order valence-corrected chi connectivity index (χ1v) is 4.89. The van der Waals surface area contributed by atoms with E-state index in [0.717, 1.165) is 4.47 Å². The number of ketones is 1. The average Bonchev–Trinajstić information content (AvgIpc) is 2.69. The first kappa shape index (κ1) is 9.21. The van der Waals surface area contributed by atoms with Crippen molar-refractivity contribution in [2.45, 2.75) is 0 Å². The molecule has 0 aliphatic carbocycles. The Bertz CT molecular complexity index is 446. The van der Waals surface area contributed by atoms with Crippen LogP contribution in [0.1, 0.15) is 15.9 Å². The molecule has 1 heterocycles. The van der Waals surface area contributed by atoms with Crippen LogP contribution in [-0.4, -0.2) is 5.78 Å². The van der Waals surface area contributed by atoms with Crippen molar-refractivity contribution in [2.75, 3.05) is 0 Å². The lowest BCUT2D eigenvalue weighted by Gasteiger charge is -1.97. The predicted octanol–water partition coefficient (Wildman–Crippen LogP) is 3.27. The summed E-state index contributed by atoms with van der Waals surface area (Å²) in [6, 6.07) is 8.93. The van der Waals surface area contributed by atoms with Gasteiger partial charge in [-0.15, -0.1) is 0 Å². The highest BCUT2D eigenvalue weighted by molar-refractivity contribution is 9.10. The van der Waals surface area contributed by atoms with E-state index in [2.05, 4.69) is 15.9 Å². The fourth-order valence-electron chi connectivity index (χ4n) is 1.19. The number of furan rings is 1. The number of carbonyl (C=O) groups is 1. The molecule has 0 fully saturated rings. The van der Waals surface area contributed by atoms with Gasteiger partial charge in [0.05, 0.1) is 11.8 Å². The molecule has 0 aliphatic rings. The summed E-state index contributed by atoms with van der Waals surface area (Å²) in [6.07, 6.45) is 2.94. The van der Waals surface area contributed by atoms with Crippen molar-refractivity contribution < 1.29 is 9.21 Å². The summed E-state index contributed by atoms with van der Waals surface area (Å²) in [5.74, 6) is -0.0277. The maximum Gasteiger partial charge on any atom is 0.196 e. The summed E-state index contributed by atoms with van der Waals surface area (Å²) >= 11 is 3.32. The maximum atomic E-state index is 11.8. The quantitative estimate of drug-likeness (QED) is 0.766. The highest BCUT2D eigenvalue weighted by atomic mass is 79.9. The number of rotatable bonds is 2. The van der Waals surface area contributed by atoms with Gasteiger partial charge in [-0.1, -0.05) is 28.1 Å². The summed E-state index contributed by atoms with van der Waals surface area (Å²) in [4.78, 5) is 11.8. The first-order valence-electron chi connectivity index (χ1n) is 4.10. The van der Waals surface area contributed by atoms with Crippen LogP contribution in [-0.2, 0) is 0 Å². The summed E-state index contributed by atoms with van der Waals surface area (Å²) in [5, 5.41) is 0. The van der Waals surface area contributed by atoms with Crippen molar-refractivity contribution in [3.63, 3.8) is 0 Å². The van der Waals surface area contributed by atoms with Gasteiger partial charge in [0, 0.05) is 10.0 Å². The smallest absolute Gasteiger partial charge is 0.196 e. The van der Waals surface area contributed by atoms with Crippen LogP contribution in [0.3, 0.4) is 0 Å². The van der Waals surface area contributed by atoms with Crippen LogP contribution >= 0.6 is 15.9 Å². The molecule has 0 atom stereocenters. The lowest BCUT2D eigenvalue weighted by Crippen LogP contribution is -1.98. The molecule has 2 nitrogen and oxygen atoms in total. The minimum atomic E-state index is -0.0277. The molecule has 1 aromatic heterocycles. The first-order chi connectivity index (χ1) is 6.77. The largest absolute Gasteiger partial charge is 0.472 e. The van der Waals surface area contributed by atoms with Gasteiger partial charge in [-0.2, -0.15) is 0 Å². The molecule has 2 aromatic rings. The molecule has 0 aliphatic heterocycles. The van der Waals surface area contributed by atoms with Crippen LogP contribution in [0.15, 0.2) is 51.7 Å². The van der Waals surface area contributed by atoms with Crippen LogP contribution in [0.5, 0.6) is 0 Å². The normalized spacial score (nSPS) is 10.1. The fourth-order valence-corrected chi connectivity index (χ4v) is 1.59. The third kappa shape index (κ3) is 1.77. The van der Waals surface area contributed by atoms with Crippen molar-refractivity contribution in [3.05, 3.63) is 58.5 Å². The third-order valence-corrected chi connectivity index (χ3v) is 2.36. The van der Waals surface area contributed by atoms with Gasteiger partial charge >= 0.3 is 0 Å². The molecule has 0 spiro atoms. The van der Waals surface area contributed by atoms with E-state index in [9.17, 15) is 4.79 Å². The SMILES string of the molecule is O=C(c1ccoc1)c1cccc(Br)c1. The highest BCUT2D eigenvalue weighted by Crippen LogP contribution is 2.15. The molecule has 0 saturated carbocycles. The second-order valence-corrected chi connectivity index (χ2v) is 3.77. The average molecular weight is 251 g/mol.